The summed E-state index contributed by atoms with van der Waals surface area (Å²) in [6.45, 7) is 2.59. The second-order valence-electron chi connectivity index (χ2n) is 5.75. The minimum absolute atomic E-state index is 0.230. The Balaban J connectivity index is 2.03. The number of rotatable bonds is 5. The Morgan fingerprint density at radius 2 is 1.92 bits per heavy atom. The van der Waals surface area contributed by atoms with Crippen LogP contribution in [0.5, 0.6) is 0 Å². The largest absolute Gasteiger partial charge is 0.456 e. The minimum Gasteiger partial charge on any atom is -0.456 e. The summed E-state index contributed by atoms with van der Waals surface area (Å²) in [5.41, 5.74) is 6.67. The quantitative estimate of drug-likeness (QED) is 0.732. The molecule has 4 atom stereocenters. The third-order valence-electron chi connectivity index (χ3n) is 3.88. The molecule has 0 saturated carbocycles. The first-order valence-electron chi connectivity index (χ1n) is 7.84. The lowest BCUT2D eigenvalue weighted by molar-refractivity contribution is -0.165. The molecular weight excluding hydrogens is 362 g/mol. The summed E-state index contributed by atoms with van der Waals surface area (Å²) in [4.78, 5) is 35.5. The highest BCUT2D eigenvalue weighted by atomic mass is 32.2. The molecule has 3 rings (SSSR count). The molecule has 1 saturated heterocycles. The van der Waals surface area contributed by atoms with Crippen LogP contribution in [0.25, 0.3) is 11.2 Å². The van der Waals surface area contributed by atoms with Crippen molar-refractivity contribution >= 4 is 40.7 Å². The van der Waals surface area contributed by atoms with Gasteiger partial charge in [0.1, 0.15) is 17.9 Å². The molecule has 26 heavy (non-hydrogen) atoms. The topological polar surface area (TPSA) is 131 Å². The van der Waals surface area contributed by atoms with Gasteiger partial charge in [0.05, 0.1) is 6.33 Å². The second kappa shape index (κ2) is 7.46. The van der Waals surface area contributed by atoms with Crippen LogP contribution in [-0.2, 0) is 23.8 Å². The summed E-state index contributed by atoms with van der Waals surface area (Å²) >= 11 is 1.53. The molecule has 2 aromatic rings. The van der Waals surface area contributed by atoms with E-state index in [4.69, 9.17) is 19.9 Å². The van der Waals surface area contributed by atoms with Gasteiger partial charge in [0, 0.05) is 19.6 Å². The van der Waals surface area contributed by atoms with Gasteiger partial charge in [-0.25, -0.2) is 15.0 Å². The van der Waals surface area contributed by atoms with E-state index in [2.05, 4.69) is 15.0 Å². The highest BCUT2D eigenvalue weighted by molar-refractivity contribution is 7.98. The number of thioether (sulfide) groups is 1. The molecule has 10 nitrogen and oxygen atoms in total. The van der Waals surface area contributed by atoms with E-state index < -0.39 is 36.5 Å². The number of esters is 2. The Bertz CT molecular complexity index is 828. The van der Waals surface area contributed by atoms with Crippen molar-refractivity contribution in [2.24, 2.45) is 0 Å². The number of nitrogens with two attached hydrogens (primary N) is 1. The van der Waals surface area contributed by atoms with Gasteiger partial charge in [-0.05, 0) is 6.26 Å². The summed E-state index contributed by atoms with van der Waals surface area (Å²) in [5.74, 6) is -0.211. The molecule has 0 spiro atoms. The molecule has 2 aromatic heterocycles. The first kappa shape index (κ1) is 18.4. The van der Waals surface area contributed by atoms with Crippen molar-refractivity contribution < 1.29 is 23.8 Å². The Labute approximate surface area is 153 Å². The predicted molar refractivity (Wildman–Crippen MR) is 93.1 cm³/mol. The Morgan fingerprint density at radius 1 is 1.23 bits per heavy atom. The fourth-order valence-electron chi connectivity index (χ4n) is 2.94. The van der Waals surface area contributed by atoms with Gasteiger partial charge in [0.25, 0.3) is 0 Å². The van der Waals surface area contributed by atoms with Crippen LogP contribution in [0.1, 0.15) is 20.1 Å². The maximum Gasteiger partial charge on any atom is 0.303 e. The molecule has 1 aliphatic rings. The van der Waals surface area contributed by atoms with Crippen molar-refractivity contribution in [3.05, 3.63) is 12.7 Å². The third kappa shape index (κ3) is 3.44. The van der Waals surface area contributed by atoms with E-state index in [1.807, 2.05) is 6.26 Å². The number of fused-ring (bicyclic) bond motifs is 1. The highest BCUT2D eigenvalue weighted by Gasteiger charge is 2.50. The SMILES string of the molecule is CSC[C@H]1O[C@@H](n2cnc3c(N)ncnc32)[C@H](OC(C)=O)[C@@H]1OC(C)=O. The zero-order valence-corrected chi connectivity index (χ0v) is 15.3. The van der Waals surface area contributed by atoms with Crippen molar-refractivity contribution in [3.8, 4) is 0 Å². The fourth-order valence-corrected chi connectivity index (χ4v) is 3.53. The zero-order valence-electron chi connectivity index (χ0n) is 14.5. The van der Waals surface area contributed by atoms with Gasteiger partial charge in [-0.3, -0.25) is 14.2 Å². The number of aromatic nitrogens is 4. The number of anilines is 1. The number of ether oxygens (including phenoxy) is 3. The summed E-state index contributed by atoms with van der Waals surface area (Å²) < 4.78 is 18.5. The average Bonchev–Trinajstić information content (AvgIpc) is 3.12. The summed E-state index contributed by atoms with van der Waals surface area (Å²) in [7, 11) is 0. The molecule has 11 heteroatoms. The van der Waals surface area contributed by atoms with Gasteiger partial charge < -0.3 is 19.9 Å². The number of nitrogens with zero attached hydrogens (tertiary/aromatic N) is 4. The van der Waals surface area contributed by atoms with E-state index in [0.29, 0.717) is 16.9 Å². The molecule has 0 radical (unpaired) electrons. The van der Waals surface area contributed by atoms with Crippen LogP contribution in [0.2, 0.25) is 0 Å². The maximum atomic E-state index is 11.6. The Morgan fingerprint density at radius 3 is 2.58 bits per heavy atom. The lowest BCUT2D eigenvalue weighted by Gasteiger charge is -2.23. The number of carbonyl (C=O) groups is 2. The summed E-state index contributed by atoms with van der Waals surface area (Å²) in [5, 5.41) is 0. The first-order valence-corrected chi connectivity index (χ1v) is 9.23. The predicted octanol–water partition coefficient (Wildman–Crippen LogP) is 0.532. The standard InChI is InChI=1S/C15H19N5O5S/c1-7(21)23-11-9(4-26-3)25-15(12(11)24-8(2)22)20-6-19-10-13(16)17-5-18-14(10)20/h5-6,9,11-12,15H,4H2,1-3H3,(H2,16,17,18)/t9-,11-,12-,15-/m1/s1. The number of nitrogen functional groups attached to an aromatic ring is 1. The van der Waals surface area contributed by atoms with Gasteiger partial charge in [-0.1, -0.05) is 0 Å². The molecular formula is C15H19N5O5S. The minimum atomic E-state index is -0.845. The molecule has 0 bridgehead atoms. The van der Waals surface area contributed by atoms with Gasteiger partial charge in [0.15, 0.2) is 29.9 Å². The molecule has 2 N–H and O–H groups in total. The van der Waals surface area contributed by atoms with E-state index >= 15 is 0 Å². The third-order valence-corrected chi connectivity index (χ3v) is 4.54. The highest BCUT2D eigenvalue weighted by Crippen LogP contribution is 2.36. The van der Waals surface area contributed by atoms with E-state index in [0.717, 1.165) is 0 Å². The number of carbonyl (C=O) groups excluding carboxylic acids is 2. The molecule has 3 heterocycles. The van der Waals surface area contributed by atoms with Crippen molar-refractivity contribution in [2.45, 2.75) is 38.4 Å². The lowest BCUT2D eigenvalue weighted by atomic mass is 10.1. The van der Waals surface area contributed by atoms with Crippen LogP contribution in [0, 0.1) is 0 Å². The average molecular weight is 381 g/mol. The van der Waals surface area contributed by atoms with E-state index in [-0.39, 0.29) is 5.82 Å². The molecule has 1 fully saturated rings. The van der Waals surface area contributed by atoms with Crippen LogP contribution < -0.4 is 5.73 Å². The number of imidazole rings is 1. The van der Waals surface area contributed by atoms with E-state index in [1.165, 1.54) is 38.3 Å². The molecule has 1 aliphatic heterocycles. The fraction of sp³-hybridized carbons (Fsp3) is 0.533. The van der Waals surface area contributed by atoms with Crippen LogP contribution in [0.15, 0.2) is 12.7 Å². The van der Waals surface area contributed by atoms with Gasteiger partial charge in [-0.15, -0.1) is 0 Å². The zero-order chi connectivity index (χ0) is 18.8. The van der Waals surface area contributed by atoms with Crippen molar-refractivity contribution in [1.82, 2.24) is 19.5 Å². The molecule has 0 amide bonds. The Kier molecular flexibility index (Phi) is 5.28. The monoisotopic (exact) mass is 381 g/mol. The van der Waals surface area contributed by atoms with Gasteiger partial charge >= 0.3 is 11.9 Å². The normalized spacial score (nSPS) is 25.3. The molecule has 0 unspecified atom stereocenters. The van der Waals surface area contributed by atoms with Crippen molar-refractivity contribution in [1.29, 1.82) is 0 Å². The van der Waals surface area contributed by atoms with Crippen LogP contribution >= 0.6 is 11.8 Å². The molecule has 0 aliphatic carbocycles. The van der Waals surface area contributed by atoms with Crippen LogP contribution in [0.3, 0.4) is 0 Å². The summed E-state index contributed by atoms with van der Waals surface area (Å²) in [6, 6.07) is 0. The molecule has 0 aromatic carbocycles. The second-order valence-corrected chi connectivity index (χ2v) is 6.66. The maximum absolute atomic E-state index is 11.6. The van der Waals surface area contributed by atoms with Crippen LogP contribution in [0.4, 0.5) is 5.82 Å². The van der Waals surface area contributed by atoms with E-state index in [1.54, 1.807) is 4.57 Å². The number of hydrogen-bond donors (Lipinski definition) is 1. The van der Waals surface area contributed by atoms with Crippen LogP contribution in [-0.4, -0.2) is 61.8 Å². The van der Waals surface area contributed by atoms with Crippen molar-refractivity contribution in [3.63, 3.8) is 0 Å². The first-order chi connectivity index (χ1) is 12.4. The number of hydrogen-bond acceptors (Lipinski definition) is 10. The van der Waals surface area contributed by atoms with Gasteiger partial charge in [-0.2, -0.15) is 11.8 Å². The van der Waals surface area contributed by atoms with Crippen molar-refractivity contribution in [2.75, 3.05) is 17.7 Å². The van der Waals surface area contributed by atoms with E-state index in [9.17, 15) is 9.59 Å². The smallest absolute Gasteiger partial charge is 0.303 e. The Hall–Kier alpha value is -2.40. The summed E-state index contributed by atoms with van der Waals surface area (Å²) in [6.07, 6.45) is 1.90. The lowest BCUT2D eigenvalue weighted by Crippen LogP contribution is -2.39. The van der Waals surface area contributed by atoms with Gasteiger partial charge in [0.2, 0.25) is 0 Å². The molecule has 140 valence electrons.